The quantitative estimate of drug-likeness (QED) is 0.142. The fraction of sp³-hybridized carbons (Fsp3) is 0.667. The molecule has 2 unspecified atom stereocenters. The van der Waals surface area contributed by atoms with Crippen molar-refractivity contribution in [3.05, 3.63) is 12.7 Å². The molecule has 0 bridgehead atoms. The molecule has 1 saturated heterocycles. The molecule has 3 heterocycles. The molecule has 0 amide bonds. The molecule has 0 aliphatic carbocycles. The van der Waals surface area contributed by atoms with E-state index in [2.05, 4.69) is 24.3 Å². The molecule has 3 rings (SSSR count). The number of fused-ring (bicyclic) bond motifs is 1. The number of hydrogen-bond donors (Lipinski definition) is 9. The maximum Gasteiger partial charge on any atom is 0.478 e. The van der Waals surface area contributed by atoms with Crippen molar-refractivity contribution in [1.82, 2.24) is 24.6 Å². The first-order valence-corrected chi connectivity index (χ1v) is 15.2. The van der Waals surface area contributed by atoms with E-state index >= 15 is 0 Å². The number of aromatic nitrogens is 4. The highest BCUT2D eigenvalue weighted by atomic mass is 31.3. The molecule has 1 aliphatic rings. The van der Waals surface area contributed by atoms with Gasteiger partial charge in [-0.2, -0.15) is 4.31 Å². The van der Waals surface area contributed by atoms with Gasteiger partial charge in [0.05, 0.1) is 19.0 Å². The van der Waals surface area contributed by atoms with Crippen LogP contribution in [0.1, 0.15) is 32.4 Å². The first-order chi connectivity index (χ1) is 17.0. The van der Waals surface area contributed by atoms with Crippen molar-refractivity contribution >= 4 is 40.4 Å². The van der Waals surface area contributed by atoms with Gasteiger partial charge in [-0.05, 0) is 12.8 Å². The fourth-order valence-electron chi connectivity index (χ4n) is 3.07. The molecule has 2 aromatic heterocycles. The predicted octanol–water partition coefficient (Wildman–Crippen LogP) is -0.921. The summed E-state index contributed by atoms with van der Waals surface area (Å²) in [5, 5.41) is 12.7. The number of anilines is 1. The van der Waals surface area contributed by atoms with E-state index in [1.807, 2.05) is 6.92 Å². The van der Waals surface area contributed by atoms with Crippen LogP contribution in [0.4, 0.5) is 5.82 Å². The van der Waals surface area contributed by atoms with Crippen molar-refractivity contribution in [2.45, 2.75) is 50.7 Å². The summed E-state index contributed by atoms with van der Waals surface area (Å²) in [5.74, 6) is 0.247. The summed E-state index contributed by atoms with van der Waals surface area (Å²) >= 11 is 0. The summed E-state index contributed by atoms with van der Waals surface area (Å²) < 4.78 is 46.8. The molecule has 0 spiro atoms. The summed E-state index contributed by atoms with van der Waals surface area (Å²) in [7, 11) is -14.1. The average Bonchev–Trinajstić information content (AvgIpc) is 3.34. The van der Waals surface area contributed by atoms with Crippen molar-refractivity contribution < 1.29 is 56.8 Å². The van der Waals surface area contributed by atoms with E-state index in [1.54, 1.807) is 4.57 Å². The monoisotopic (exact) mass is 593 g/mol. The first-order valence-electron chi connectivity index (χ1n) is 10.6. The molecule has 37 heavy (non-hydrogen) atoms. The summed E-state index contributed by atoms with van der Waals surface area (Å²) in [6.45, 7) is 1.95. The summed E-state index contributed by atoms with van der Waals surface area (Å²) in [6.07, 6.45) is 2.19. The number of phosphoric acid groups is 2. The molecule has 19 nitrogen and oxygen atoms in total. The largest absolute Gasteiger partial charge is 0.478 e. The van der Waals surface area contributed by atoms with E-state index in [0.717, 1.165) is 6.42 Å². The molecule has 0 saturated carbocycles. The second-order valence-corrected chi connectivity index (χ2v) is 12.0. The van der Waals surface area contributed by atoms with Crippen LogP contribution in [-0.2, 0) is 27.3 Å². The number of hydrogen-bond acceptors (Lipinski definition) is 12. The third kappa shape index (κ3) is 10.7. The van der Waals surface area contributed by atoms with E-state index in [4.69, 9.17) is 40.3 Å². The van der Waals surface area contributed by atoms with Crippen LogP contribution in [0.3, 0.4) is 0 Å². The van der Waals surface area contributed by atoms with E-state index in [-0.39, 0.29) is 31.4 Å². The minimum Gasteiger partial charge on any atom is -0.390 e. The van der Waals surface area contributed by atoms with Gasteiger partial charge in [-0.25, -0.2) is 33.7 Å². The van der Waals surface area contributed by atoms with Gasteiger partial charge in [-0.15, -0.1) is 0 Å². The lowest BCUT2D eigenvalue weighted by molar-refractivity contribution is -0.0400. The number of nitrogens with zero attached hydrogens (tertiary/aromatic N) is 4. The number of ether oxygens (including phenoxy) is 1. The number of nitrogens with one attached hydrogen (secondary N) is 1. The van der Waals surface area contributed by atoms with Gasteiger partial charge in [-0.3, -0.25) is 9.09 Å². The molecule has 1 aliphatic heterocycles. The van der Waals surface area contributed by atoms with Crippen LogP contribution >= 0.6 is 23.4 Å². The highest BCUT2D eigenvalue weighted by Gasteiger charge is 2.37. The van der Waals surface area contributed by atoms with Crippen LogP contribution in [0.5, 0.6) is 0 Å². The smallest absolute Gasteiger partial charge is 0.390 e. The number of nitrogens with two attached hydrogens (primary N) is 2. The second kappa shape index (κ2) is 13.1. The molecular weight excluding hydrogens is 563 g/mol. The standard InChI is InChI=1S/C15H26N7O5P.H4O7P2/c1-2-9(16)3-4-21-28(24,25)26-6-11-10(23)5-12(27-11)22-8-20-13-14(17)18-7-19-15(13)22;1-8(2,3)7-9(4,5)6/h7-12,23H,2-6,16H2,1H3,(H2,17,18,19)(H2,21,24,25);(H2,1,2,3)(H2,4,5,6)/t9?,10-,11+,12+;/m0./s1. The van der Waals surface area contributed by atoms with E-state index in [9.17, 15) is 23.7 Å². The van der Waals surface area contributed by atoms with Crippen LogP contribution in [0.15, 0.2) is 12.7 Å². The number of nitrogen functional groups attached to an aromatic ring is 1. The van der Waals surface area contributed by atoms with Crippen molar-refractivity contribution in [2.24, 2.45) is 5.73 Å². The Morgan fingerprint density at radius 1 is 1.19 bits per heavy atom. The maximum absolute atomic E-state index is 12.1. The third-order valence-corrected chi connectivity index (χ3v) is 7.70. The van der Waals surface area contributed by atoms with Crippen molar-refractivity contribution in [2.75, 3.05) is 18.9 Å². The average molecular weight is 593 g/mol. The SMILES string of the molecule is CCC(N)CCNP(=O)(O)OC[C@H]1O[C@@H](n2cnc3c(N)ncnc32)C[C@@H]1O.O=P(O)(O)OP(=O)(O)O. The lowest BCUT2D eigenvalue weighted by atomic mass is 10.2. The van der Waals surface area contributed by atoms with E-state index in [1.165, 1.54) is 12.7 Å². The number of aliphatic hydroxyl groups is 1. The Hall–Kier alpha value is -1.40. The van der Waals surface area contributed by atoms with E-state index < -0.39 is 41.8 Å². The zero-order chi connectivity index (χ0) is 28.0. The van der Waals surface area contributed by atoms with Crippen LogP contribution in [0.25, 0.3) is 11.2 Å². The van der Waals surface area contributed by atoms with Gasteiger partial charge in [0.2, 0.25) is 0 Å². The molecule has 11 N–H and O–H groups in total. The van der Waals surface area contributed by atoms with Crippen LogP contribution in [0.2, 0.25) is 0 Å². The molecule has 2 aromatic rings. The van der Waals surface area contributed by atoms with Crippen molar-refractivity contribution in [3.8, 4) is 0 Å². The Balaban J connectivity index is 0.000000458. The second-order valence-electron chi connectivity index (χ2n) is 7.76. The molecule has 1 fully saturated rings. The predicted molar refractivity (Wildman–Crippen MR) is 126 cm³/mol. The Morgan fingerprint density at radius 2 is 1.84 bits per heavy atom. The fourth-order valence-corrected chi connectivity index (χ4v) is 5.03. The number of imidazole rings is 1. The maximum atomic E-state index is 12.1. The van der Waals surface area contributed by atoms with Gasteiger partial charge in [0, 0.05) is 19.0 Å². The van der Waals surface area contributed by atoms with Crippen LogP contribution in [-0.4, -0.2) is 80.5 Å². The lowest BCUT2D eigenvalue weighted by Gasteiger charge is -2.19. The number of aliphatic hydroxyl groups excluding tert-OH is 1. The van der Waals surface area contributed by atoms with Gasteiger partial charge in [-0.1, -0.05) is 6.92 Å². The molecule has 5 atom stereocenters. The minimum atomic E-state index is -5.05. The highest BCUT2D eigenvalue weighted by Crippen LogP contribution is 2.53. The van der Waals surface area contributed by atoms with Gasteiger partial charge in [0.15, 0.2) is 11.5 Å². The molecule has 0 radical (unpaired) electrons. The van der Waals surface area contributed by atoms with Gasteiger partial charge < -0.3 is 45.8 Å². The van der Waals surface area contributed by atoms with Gasteiger partial charge >= 0.3 is 23.4 Å². The Labute approximate surface area is 210 Å². The number of rotatable bonds is 11. The highest BCUT2D eigenvalue weighted by molar-refractivity contribution is 7.60. The zero-order valence-electron chi connectivity index (χ0n) is 19.4. The first kappa shape index (κ1) is 31.8. The topological polar surface area (TPSA) is 308 Å². The Bertz CT molecular complexity index is 1150. The summed E-state index contributed by atoms with van der Waals surface area (Å²) in [4.78, 5) is 53.1. The lowest BCUT2D eigenvalue weighted by Crippen LogP contribution is -2.28. The van der Waals surface area contributed by atoms with Crippen molar-refractivity contribution in [3.63, 3.8) is 0 Å². The van der Waals surface area contributed by atoms with Crippen LogP contribution < -0.4 is 16.6 Å². The summed E-state index contributed by atoms with van der Waals surface area (Å²) in [6, 6.07) is -0.0453. The molecule has 212 valence electrons. The molecule has 22 heteroatoms. The van der Waals surface area contributed by atoms with E-state index in [0.29, 0.717) is 17.6 Å². The Kier molecular flexibility index (Phi) is 11.3. The molecule has 0 aromatic carbocycles. The molecular formula is C15H30N7O12P3. The zero-order valence-corrected chi connectivity index (χ0v) is 22.1. The Morgan fingerprint density at radius 3 is 2.41 bits per heavy atom. The minimum absolute atomic E-state index is 0.0453. The van der Waals surface area contributed by atoms with Gasteiger partial charge in [0.1, 0.15) is 24.2 Å². The van der Waals surface area contributed by atoms with Crippen LogP contribution in [0, 0.1) is 0 Å². The van der Waals surface area contributed by atoms with Crippen molar-refractivity contribution in [1.29, 1.82) is 0 Å². The summed E-state index contributed by atoms with van der Waals surface area (Å²) in [5.41, 5.74) is 12.5. The van der Waals surface area contributed by atoms with Gasteiger partial charge in [0.25, 0.3) is 0 Å². The normalized spacial score (nSPS) is 22.9. The third-order valence-electron chi connectivity index (χ3n) is 4.88.